The topological polar surface area (TPSA) is 44.0 Å². The molecule has 1 rings (SSSR count). The molecule has 16 heavy (non-hydrogen) atoms. The zero-order valence-corrected chi connectivity index (χ0v) is 9.38. The van der Waals surface area contributed by atoms with E-state index in [-0.39, 0.29) is 5.56 Å². The van der Waals surface area contributed by atoms with Gasteiger partial charge in [0.15, 0.2) is 0 Å². The molecule has 0 aliphatic rings. The molecule has 0 amide bonds. The Bertz CT molecular complexity index is 427. The number of nitriles is 1. The Morgan fingerprint density at radius 1 is 1.12 bits per heavy atom. The van der Waals surface area contributed by atoms with Crippen molar-refractivity contribution in [2.24, 2.45) is 5.41 Å². The van der Waals surface area contributed by atoms with Crippen molar-refractivity contribution in [1.82, 2.24) is 0 Å². The number of nitrogens with zero attached hydrogens (tertiary/aromatic N) is 1. The number of hydrogen-bond donors (Lipinski definition) is 1. The van der Waals surface area contributed by atoms with E-state index in [9.17, 15) is 13.9 Å². The van der Waals surface area contributed by atoms with Crippen LogP contribution in [0.15, 0.2) is 18.2 Å². The number of benzene rings is 1. The normalized spacial score (nSPS) is 15.3. The SMILES string of the molecule is CC(C)(C#N)C(C)(O)c1cc(F)cc(F)c1. The molecular weight excluding hydrogens is 212 g/mol. The van der Waals surface area contributed by atoms with Crippen molar-refractivity contribution in [3.05, 3.63) is 35.4 Å². The molecule has 1 aromatic carbocycles. The van der Waals surface area contributed by atoms with E-state index in [1.807, 2.05) is 6.07 Å². The van der Waals surface area contributed by atoms with Crippen molar-refractivity contribution in [1.29, 1.82) is 5.26 Å². The summed E-state index contributed by atoms with van der Waals surface area (Å²) in [6.07, 6.45) is 0. The van der Waals surface area contributed by atoms with Gasteiger partial charge in [-0.05, 0) is 38.5 Å². The summed E-state index contributed by atoms with van der Waals surface area (Å²) < 4.78 is 26.0. The van der Waals surface area contributed by atoms with Gasteiger partial charge in [0.25, 0.3) is 0 Å². The van der Waals surface area contributed by atoms with Crippen LogP contribution in [-0.4, -0.2) is 5.11 Å². The van der Waals surface area contributed by atoms with Gasteiger partial charge in [-0.2, -0.15) is 5.26 Å². The summed E-state index contributed by atoms with van der Waals surface area (Å²) in [5.74, 6) is -1.55. The third-order valence-electron chi connectivity index (χ3n) is 2.92. The maximum Gasteiger partial charge on any atom is 0.126 e. The molecule has 0 saturated carbocycles. The maximum absolute atomic E-state index is 13.0. The van der Waals surface area contributed by atoms with Crippen LogP contribution in [0, 0.1) is 28.4 Å². The molecule has 0 bridgehead atoms. The minimum atomic E-state index is -1.62. The van der Waals surface area contributed by atoms with E-state index < -0.39 is 22.7 Å². The van der Waals surface area contributed by atoms with Crippen LogP contribution in [0.5, 0.6) is 0 Å². The Morgan fingerprint density at radius 3 is 1.94 bits per heavy atom. The molecule has 1 unspecified atom stereocenters. The van der Waals surface area contributed by atoms with Crippen molar-refractivity contribution >= 4 is 0 Å². The van der Waals surface area contributed by atoms with Crippen LogP contribution in [0.1, 0.15) is 26.3 Å². The summed E-state index contributed by atoms with van der Waals surface area (Å²) in [5, 5.41) is 19.1. The maximum atomic E-state index is 13.0. The first-order valence-corrected chi connectivity index (χ1v) is 4.81. The molecular formula is C12H13F2NO. The molecule has 0 heterocycles. The Morgan fingerprint density at radius 2 is 1.56 bits per heavy atom. The lowest BCUT2D eigenvalue weighted by molar-refractivity contribution is -0.0272. The average molecular weight is 225 g/mol. The number of halogens is 2. The molecule has 0 fully saturated rings. The van der Waals surface area contributed by atoms with Crippen molar-refractivity contribution in [3.63, 3.8) is 0 Å². The molecule has 2 nitrogen and oxygen atoms in total. The smallest absolute Gasteiger partial charge is 0.126 e. The predicted molar refractivity (Wildman–Crippen MR) is 55.3 cm³/mol. The highest BCUT2D eigenvalue weighted by Crippen LogP contribution is 2.39. The molecule has 0 radical (unpaired) electrons. The van der Waals surface area contributed by atoms with Gasteiger partial charge in [0.2, 0.25) is 0 Å². The second kappa shape index (κ2) is 3.84. The summed E-state index contributed by atoms with van der Waals surface area (Å²) in [5.41, 5.74) is -2.71. The number of hydrogen-bond acceptors (Lipinski definition) is 2. The van der Waals surface area contributed by atoms with Gasteiger partial charge in [0.05, 0.1) is 11.5 Å². The fourth-order valence-corrected chi connectivity index (χ4v) is 1.30. The molecule has 0 aliphatic heterocycles. The quantitative estimate of drug-likeness (QED) is 0.841. The molecule has 1 aromatic rings. The van der Waals surface area contributed by atoms with E-state index in [1.54, 1.807) is 0 Å². The number of aliphatic hydroxyl groups is 1. The van der Waals surface area contributed by atoms with E-state index in [2.05, 4.69) is 0 Å². The van der Waals surface area contributed by atoms with Gasteiger partial charge in [0, 0.05) is 6.07 Å². The van der Waals surface area contributed by atoms with Gasteiger partial charge in [-0.1, -0.05) is 0 Å². The summed E-state index contributed by atoms with van der Waals surface area (Å²) in [7, 11) is 0. The summed E-state index contributed by atoms with van der Waals surface area (Å²) in [6, 6.07) is 4.71. The van der Waals surface area contributed by atoms with Crippen molar-refractivity contribution in [2.75, 3.05) is 0 Å². The monoisotopic (exact) mass is 225 g/mol. The number of rotatable bonds is 2. The van der Waals surface area contributed by atoms with Gasteiger partial charge in [0.1, 0.15) is 17.2 Å². The molecule has 1 N–H and O–H groups in total. The molecule has 1 atom stereocenters. The highest BCUT2D eigenvalue weighted by Gasteiger charge is 2.41. The standard InChI is InChI=1S/C12H13F2NO/c1-11(2,7-15)12(3,16)8-4-9(13)6-10(14)5-8/h4-6,16H,1-3H3. The molecule has 0 saturated heterocycles. The second-order valence-electron chi connectivity index (χ2n) is 4.47. The Balaban J connectivity index is 3.33. The van der Waals surface area contributed by atoms with E-state index >= 15 is 0 Å². The van der Waals surface area contributed by atoms with Crippen LogP contribution in [0.3, 0.4) is 0 Å². The third kappa shape index (κ3) is 2.05. The zero-order chi connectivity index (χ0) is 12.6. The van der Waals surface area contributed by atoms with Crippen molar-refractivity contribution < 1.29 is 13.9 Å². The van der Waals surface area contributed by atoms with Gasteiger partial charge in [-0.25, -0.2) is 8.78 Å². The Hall–Kier alpha value is -1.47. The average Bonchev–Trinajstić information content (AvgIpc) is 2.16. The first-order valence-electron chi connectivity index (χ1n) is 4.81. The third-order valence-corrected chi connectivity index (χ3v) is 2.92. The van der Waals surface area contributed by atoms with Gasteiger partial charge >= 0.3 is 0 Å². The predicted octanol–water partition coefficient (Wildman–Crippen LogP) is 2.72. The largest absolute Gasteiger partial charge is 0.384 e. The van der Waals surface area contributed by atoms with Crippen molar-refractivity contribution in [3.8, 4) is 6.07 Å². The summed E-state index contributed by atoms with van der Waals surface area (Å²) in [6.45, 7) is 4.38. The second-order valence-corrected chi connectivity index (χ2v) is 4.47. The lowest BCUT2D eigenvalue weighted by Gasteiger charge is -2.34. The van der Waals surface area contributed by atoms with Crippen LogP contribution < -0.4 is 0 Å². The van der Waals surface area contributed by atoms with E-state index in [4.69, 9.17) is 5.26 Å². The molecule has 0 aliphatic carbocycles. The van der Waals surface area contributed by atoms with Crippen LogP contribution in [-0.2, 0) is 5.60 Å². The van der Waals surface area contributed by atoms with Crippen molar-refractivity contribution in [2.45, 2.75) is 26.4 Å². The van der Waals surface area contributed by atoms with Gasteiger partial charge in [-0.3, -0.25) is 0 Å². The minimum absolute atomic E-state index is 0.0524. The van der Waals surface area contributed by atoms with E-state index in [0.29, 0.717) is 0 Å². The Kier molecular flexibility index (Phi) is 3.02. The molecule has 0 aromatic heterocycles. The minimum Gasteiger partial charge on any atom is -0.384 e. The summed E-state index contributed by atoms with van der Waals surface area (Å²) in [4.78, 5) is 0. The first kappa shape index (κ1) is 12.6. The van der Waals surface area contributed by atoms with Gasteiger partial charge in [-0.15, -0.1) is 0 Å². The van der Waals surface area contributed by atoms with Gasteiger partial charge < -0.3 is 5.11 Å². The fourth-order valence-electron chi connectivity index (χ4n) is 1.30. The molecule has 0 spiro atoms. The summed E-state index contributed by atoms with van der Waals surface area (Å²) >= 11 is 0. The van der Waals surface area contributed by atoms with Crippen LogP contribution in [0.4, 0.5) is 8.78 Å². The van der Waals surface area contributed by atoms with Crippen LogP contribution in [0.25, 0.3) is 0 Å². The van der Waals surface area contributed by atoms with Crippen LogP contribution in [0.2, 0.25) is 0 Å². The fraction of sp³-hybridized carbons (Fsp3) is 0.417. The lowest BCUT2D eigenvalue weighted by Crippen LogP contribution is -2.38. The first-order chi connectivity index (χ1) is 7.20. The molecule has 4 heteroatoms. The highest BCUT2D eigenvalue weighted by atomic mass is 19.1. The van der Waals surface area contributed by atoms with E-state index in [1.165, 1.54) is 20.8 Å². The van der Waals surface area contributed by atoms with E-state index in [0.717, 1.165) is 18.2 Å². The molecule has 86 valence electrons. The Labute approximate surface area is 93.1 Å². The zero-order valence-electron chi connectivity index (χ0n) is 9.38. The highest BCUT2D eigenvalue weighted by molar-refractivity contribution is 5.28. The van der Waals surface area contributed by atoms with Crippen LogP contribution >= 0.6 is 0 Å². The lowest BCUT2D eigenvalue weighted by atomic mass is 9.73.